The van der Waals surface area contributed by atoms with Crippen LogP contribution in [0, 0.1) is 0 Å². The van der Waals surface area contributed by atoms with Gasteiger partial charge in [-0.1, -0.05) is 30.3 Å². The highest BCUT2D eigenvalue weighted by molar-refractivity contribution is 6.35. The molecule has 0 atom stereocenters. The first-order valence-corrected chi connectivity index (χ1v) is 9.41. The van der Waals surface area contributed by atoms with Gasteiger partial charge >= 0.3 is 11.8 Å². The molecular weight excluding hydrogens is 330 g/mol. The van der Waals surface area contributed by atoms with E-state index in [0.29, 0.717) is 0 Å². The van der Waals surface area contributed by atoms with Crippen LogP contribution in [0.25, 0.3) is 0 Å². The number of piperidine rings is 1. The number of amides is 2. The van der Waals surface area contributed by atoms with E-state index in [0.717, 1.165) is 58.7 Å². The summed E-state index contributed by atoms with van der Waals surface area (Å²) in [5.41, 5.74) is 4.02. The minimum Gasteiger partial charge on any atom is -0.345 e. The molecule has 0 bridgehead atoms. The van der Waals surface area contributed by atoms with Crippen molar-refractivity contribution in [2.75, 3.05) is 46.3 Å². The minimum absolute atomic E-state index is 0.0766. The third kappa shape index (κ3) is 5.52. The SMILES string of the molecule is CN1CCN(NC(=O)C(=O)NC2CCN(Cc3ccccc3)CC2)CC1. The maximum Gasteiger partial charge on any atom is 0.323 e. The largest absolute Gasteiger partial charge is 0.345 e. The van der Waals surface area contributed by atoms with Gasteiger partial charge in [-0.05, 0) is 25.5 Å². The molecule has 0 unspecified atom stereocenters. The Balaban J connectivity index is 1.37. The number of hydrogen-bond donors (Lipinski definition) is 2. The molecule has 0 saturated carbocycles. The number of carbonyl (C=O) groups excluding carboxylic acids is 2. The van der Waals surface area contributed by atoms with Gasteiger partial charge < -0.3 is 10.2 Å². The lowest BCUT2D eigenvalue weighted by molar-refractivity contribution is -0.143. The van der Waals surface area contributed by atoms with E-state index >= 15 is 0 Å². The molecule has 2 amide bonds. The summed E-state index contributed by atoms with van der Waals surface area (Å²) in [6.45, 7) is 6.07. The molecule has 2 aliphatic rings. The van der Waals surface area contributed by atoms with Crippen LogP contribution in [0.1, 0.15) is 18.4 Å². The highest BCUT2D eigenvalue weighted by atomic mass is 16.2. The Morgan fingerprint density at radius 2 is 1.62 bits per heavy atom. The van der Waals surface area contributed by atoms with Crippen LogP contribution in [0.15, 0.2) is 30.3 Å². The first-order valence-electron chi connectivity index (χ1n) is 9.41. The predicted molar refractivity (Wildman–Crippen MR) is 100 cm³/mol. The molecule has 0 radical (unpaired) electrons. The number of likely N-dealkylation sites (N-methyl/N-ethyl adjacent to an activating group) is 1. The van der Waals surface area contributed by atoms with Crippen molar-refractivity contribution in [2.24, 2.45) is 0 Å². The van der Waals surface area contributed by atoms with Gasteiger partial charge in [0.05, 0.1) is 0 Å². The zero-order valence-electron chi connectivity index (χ0n) is 15.5. The summed E-state index contributed by atoms with van der Waals surface area (Å²) in [5, 5.41) is 4.71. The van der Waals surface area contributed by atoms with Crippen molar-refractivity contribution in [1.82, 2.24) is 25.6 Å². The average molecular weight is 359 g/mol. The van der Waals surface area contributed by atoms with Crippen molar-refractivity contribution in [3.8, 4) is 0 Å². The summed E-state index contributed by atoms with van der Waals surface area (Å²) in [6, 6.07) is 10.5. The molecule has 2 saturated heterocycles. The van der Waals surface area contributed by atoms with E-state index in [1.807, 2.05) is 11.1 Å². The lowest BCUT2D eigenvalue weighted by atomic mass is 10.0. The average Bonchev–Trinajstić information content (AvgIpc) is 2.66. The second kappa shape index (κ2) is 9.12. The normalized spacial score (nSPS) is 20.7. The lowest BCUT2D eigenvalue weighted by Gasteiger charge is -2.33. The van der Waals surface area contributed by atoms with Gasteiger partial charge in [0, 0.05) is 51.9 Å². The summed E-state index contributed by atoms with van der Waals surface area (Å²) in [5.74, 6) is -1.08. The minimum atomic E-state index is -0.554. The van der Waals surface area contributed by atoms with Crippen LogP contribution in [0.2, 0.25) is 0 Å². The Kier molecular flexibility index (Phi) is 6.60. The number of rotatable bonds is 4. The van der Waals surface area contributed by atoms with Crippen molar-refractivity contribution >= 4 is 11.8 Å². The predicted octanol–water partition coefficient (Wildman–Crippen LogP) is 0.0458. The van der Waals surface area contributed by atoms with Crippen molar-refractivity contribution in [3.05, 3.63) is 35.9 Å². The molecule has 2 fully saturated rings. The van der Waals surface area contributed by atoms with E-state index < -0.39 is 11.8 Å². The molecule has 3 rings (SSSR count). The van der Waals surface area contributed by atoms with E-state index in [2.05, 4.69) is 51.9 Å². The monoisotopic (exact) mass is 359 g/mol. The maximum atomic E-state index is 12.1. The van der Waals surface area contributed by atoms with Crippen LogP contribution < -0.4 is 10.7 Å². The van der Waals surface area contributed by atoms with Crippen LogP contribution in [-0.2, 0) is 16.1 Å². The Hall–Kier alpha value is -1.96. The van der Waals surface area contributed by atoms with Crippen LogP contribution in [0.4, 0.5) is 0 Å². The highest BCUT2D eigenvalue weighted by Gasteiger charge is 2.25. The van der Waals surface area contributed by atoms with Crippen LogP contribution in [0.5, 0.6) is 0 Å². The summed E-state index contributed by atoms with van der Waals surface area (Å²) in [4.78, 5) is 28.8. The van der Waals surface area contributed by atoms with E-state index in [4.69, 9.17) is 0 Å². The number of likely N-dealkylation sites (tertiary alicyclic amines) is 1. The number of nitrogens with one attached hydrogen (secondary N) is 2. The van der Waals surface area contributed by atoms with Gasteiger partial charge in [-0.25, -0.2) is 5.01 Å². The van der Waals surface area contributed by atoms with Crippen molar-refractivity contribution in [2.45, 2.75) is 25.4 Å². The first-order chi connectivity index (χ1) is 12.6. The number of hydrogen-bond acceptors (Lipinski definition) is 5. The van der Waals surface area contributed by atoms with Crippen LogP contribution in [-0.4, -0.2) is 79.0 Å². The fourth-order valence-electron chi connectivity index (χ4n) is 3.44. The summed E-state index contributed by atoms with van der Waals surface area (Å²) >= 11 is 0. The number of hydrazine groups is 1. The Morgan fingerprint density at radius 1 is 0.962 bits per heavy atom. The van der Waals surface area contributed by atoms with Crippen molar-refractivity contribution in [1.29, 1.82) is 0 Å². The van der Waals surface area contributed by atoms with Crippen molar-refractivity contribution < 1.29 is 9.59 Å². The lowest BCUT2D eigenvalue weighted by Crippen LogP contribution is -2.56. The second-order valence-corrected chi connectivity index (χ2v) is 7.24. The molecule has 1 aromatic rings. The Bertz CT molecular complexity index is 593. The highest BCUT2D eigenvalue weighted by Crippen LogP contribution is 2.13. The molecule has 142 valence electrons. The van der Waals surface area contributed by atoms with Gasteiger partial charge in [0.2, 0.25) is 0 Å². The standard InChI is InChI=1S/C19H29N5O2/c1-22-11-13-24(14-12-22)21-19(26)18(25)20-17-7-9-23(10-8-17)15-16-5-3-2-4-6-16/h2-6,17H,7-15H2,1H3,(H,20,25)(H,21,26). The third-order valence-corrected chi connectivity index (χ3v) is 5.14. The molecule has 2 heterocycles. The van der Waals surface area contributed by atoms with E-state index in [1.54, 1.807) is 0 Å². The van der Waals surface area contributed by atoms with Gasteiger partial charge in [0.15, 0.2) is 0 Å². The molecule has 7 heteroatoms. The van der Waals surface area contributed by atoms with Gasteiger partial charge in [-0.15, -0.1) is 0 Å². The van der Waals surface area contributed by atoms with Gasteiger partial charge in [-0.3, -0.25) is 19.9 Å². The summed E-state index contributed by atoms with van der Waals surface area (Å²) in [6.07, 6.45) is 1.75. The summed E-state index contributed by atoms with van der Waals surface area (Å²) in [7, 11) is 2.05. The summed E-state index contributed by atoms with van der Waals surface area (Å²) < 4.78 is 0. The van der Waals surface area contributed by atoms with Gasteiger partial charge in [-0.2, -0.15) is 0 Å². The zero-order chi connectivity index (χ0) is 18.4. The third-order valence-electron chi connectivity index (χ3n) is 5.14. The molecule has 2 N–H and O–H groups in total. The van der Waals surface area contributed by atoms with Crippen LogP contribution in [0.3, 0.4) is 0 Å². The maximum absolute atomic E-state index is 12.1. The quantitative estimate of drug-likeness (QED) is 0.744. The molecular formula is C19H29N5O2. The second-order valence-electron chi connectivity index (χ2n) is 7.24. The fourth-order valence-corrected chi connectivity index (χ4v) is 3.44. The number of benzene rings is 1. The van der Waals surface area contributed by atoms with Gasteiger partial charge in [0.1, 0.15) is 0 Å². The van der Waals surface area contributed by atoms with Gasteiger partial charge in [0.25, 0.3) is 0 Å². The number of carbonyl (C=O) groups is 2. The zero-order valence-corrected chi connectivity index (χ0v) is 15.5. The Labute approximate surface area is 155 Å². The molecule has 0 aliphatic carbocycles. The molecule has 1 aromatic carbocycles. The van der Waals surface area contributed by atoms with Crippen LogP contribution >= 0.6 is 0 Å². The fraction of sp³-hybridized carbons (Fsp3) is 0.579. The molecule has 0 aromatic heterocycles. The molecule has 7 nitrogen and oxygen atoms in total. The van der Waals surface area contributed by atoms with E-state index in [-0.39, 0.29) is 6.04 Å². The first kappa shape index (κ1) is 18.8. The number of nitrogens with zero attached hydrogens (tertiary/aromatic N) is 3. The van der Waals surface area contributed by atoms with Crippen molar-refractivity contribution in [3.63, 3.8) is 0 Å². The Morgan fingerprint density at radius 3 is 2.27 bits per heavy atom. The number of piperazine rings is 1. The smallest absolute Gasteiger partial charge is 0.323 e. The molecule has 0 spiro atoms. The molecule has 2 aliphatic heterocycles. The van der Waals surface area contributed by atoms with E-state index in [9.17, 15) is 9.59 Å². The molecule has 26 heavy (non-hydrogen) atoms. The van der Waals surface area contributed by atoms with E-state index in [1.165, 1.54) is 5.56 Å². The topological polar surface area (TPSA) is 67.9 Å².